The van der Waals surface area contributed by atoms with Gasteiger partial charge in [-0.15, -0.1) is 11.3 Å². The molecule has 0 radical (unpaired) electrons. The molecule has 1 aromatic heterocycles. The van der Waals surface area contributed by atoms with Gasteiger partial charge in [0.15, 0.2) is 6.54 Å². The number of nitrogens with one attached hydrogen (secondary N) is 1. The second-order valence-corrected chi connectivity index (χ2v) is 9.10. The van der Waals surface area contributed by atoms with Crippen LogP contribution in [0, 0.1) is 0 Å². The summed E-state index contributed by atoms with van der Waals surface area (Å²) < 4.78 is 1.27. The SMILES string of the molecule is CN(Cc1cccc(Cl)c1)C(=O)C[NH+]1CCC(c2nc3ccccc3s2)CC1. The lowest BCUT2D eigenvalue weighted by molar-refractivity contribution is -0.897. The van der Waals surface area contributed by atoms with Gasteiger partial charge in [0, 0.05) is 37.4 Å². The number of benzene rings is 2. The van der Waals surface area contributed by atoms with Crippen LogP contribution < -0.4 is 4.90 Å². The van der Waals surface area contributed by atoms with Crippen molar-refractivity contribution in [1.82, 2.24) is 9.88 Å². The van der Waals surface area contributed by atoms with Crippen LogP contribution in [0.3, 0.4) is 0 Å². The third-order valence-corrected chi connectivity index (χ3v) is 6.92. The summed E-state index contributed by atoms with van der Waals surface area (Å²) in [6, 6.07) is 16.1. The maximum absolute atomic E-state index is 12.6. The molecular formula is C22H25ClN3OS+. The van der Waals surface area contributed by atoms with Gasteiger partial charge in [0.25, 0.3) is 5.91 Å². The molecule has 1 amide bonds. The molecule has 4 rings (SSSR count). The first kappa shape index (κ1) is 19.4. The second-order valence-electron chi connectivity index (χ2n) is 7.60. The number of quaternary nitrogens is 1. The normalized spacial score (nSPS) is 19.6. The summed E-state index contributed by atoms with van der Waals surface area (Å²) in [5, 5.41) is 1.96. The van der Waals surface area contributed by atoms with E-state index in [0.717, 1.165) is 37.0 Å². The average Bonchev–Trinajstić information content (AvgIpc) is 3.13. The molecule has 0 saturated carbocycles. The largest absolute Gasteiger partial charge is 0.337 e. The van der Waals surface area contributed by atoms with Crippen molar-refractivity contribution in [3.63, 3.8) is 0 Å². The number of piperidine rings is 1. The van der Waals surface area contributed by atoms with Gasteiger partial charge < -0.3 is 9.80 Å². The first-order chi connectivity index (χ1) is 13.6. The minimum Gasteiger partial charge on any atom is -0.337 e. The van der Waals surface area contributed by atoms with Crippen LogP contribution in [0.15, 0.2) is 48.5 Å². The van der Waals surface area contributed by atoms with E-state index in [2.05, 4.69) is 18.2 Å². The minimum atomic E-state index is 0.188. The van der Waals surface area contributed by atoms with E-state index in [4.69, 9.17) is 16.6 Å². The number of carbonyl (C=O) groups excluding carboxylic acids is 1. The number of halogens is 1. The van der Waals surface area contributed by atoms with Crippen molar-refractivity contribution in [2.24, 2.45) is 0 Å². The van der Waals surface area contributed by atoms with Crippen LogP contribution in [0.4, 0.5) is 0 Å². The summed E-state index contributed by atoms with van der Waals surface area (Å²) in [5.41, 5.74) is 2.17. The van der Waals surface area contributed by atoms with E-state index < -0.39 is 0 Å². The molecule has 3 aromatic rings. The topological polar surface area (TPSA) is 37.6 Å². The Hall–Kier alpha value is -1.95. The maximum Gasteiger partial charge on any atom is 0.277 e. The number of likely N-dealkylation sites (tertiary alicyclic amines) is 1. The number of thiazole rings is 1. The third kappa shape index (κ3) is 4.54. The second kappa shape index (κ2) is 8.60. The summed E-state index contributed by atoms with van der Waals surface area (Å²) in [6.07, 6.45) is 2.20. The summed E-state index contributed by atoms with van der Waals surface area (Å²) >= 11 is 7.86. The lowest BCUT2D eigenvalue weighted by atomic mass is 9.97. The van der Waals surface area contributed by atoms with Gasteiger partial charge in [-0.05, 0) is 29.8 Å². The molecule has 4 nitrogen and oxygen atoms in total. The zero-order chi connectivity index (χ0) is 19.5. The molecule has 0 bridgehead atoms. The van der Waals surface area contributed by atoms with Crippen LogP contribution in [-0.4, -0.2) is 42.5 Å². The van der Waals surface area contributed by atoms with Crippen molar-refractivity contribution in [3.8, 4) is 0 Å². The fourth-order valence-corrected chi connectivity index (χ4v) is 5.21. The number of para-hydroxylation sites is 1. The van der Waals surface area contributed by atoms with Gasteiger partial charge in [-0.2, -0.15) is 0 Å². The lowest BCUT2D eigenvalue weighted by Gasteiger charge is -2.29. The number of amides is 1. The highest BCUT2D eigenvalue weighted by molar-refractivity contribution is 7.18. The van der Waals surface area contributed by atoms with Crippen molar-refractivity contribution in [2.75, 3.05) is 26.7 Å². The molecule has 1 fully saturated rings. The quantitative estimate of drug-likeness (QED) is 0.695. The fourth-order valence-electron chi connectivity index (χ4n) is 3.86. The number of hydrogen-bond donors (Lipinski definition) is 1. The highest BCUT2D eigenvalue weighted by Crippen LogP contribution is 2.31. The van der Waals surface area contributed by atoms with E-state index in [1.165, 1.54) is 14.6 Å². The summed E-state index contributed by atoms with van der Waals surface area (Å²) in [5.74, 6) is 0.717. The predicted octanol–water partition coefficient (Wildman–Crippen LogP) is 3.37. The first-order valence-corrected chi connectivity index (χ1v) is 11.0. The monoisotopic (exact) mass is 414 g/mol. The molecule has 146 valence electrons. The van der Waals surface area contributed by atoms with Gasteiger partial charge in [-0.25, -0.2) is 4.98 Å². The molecule has 0 aliphatic carbocycles. The number of aromatic nitrogens is 1. The molecule has 0 spiro atoms. The Balaban J connectivity index is 1.29. The summed E-state index contributed by atoms with van der Waals surface area (Å²) in [4.78, 5) is 20.6. The Kier molecular flexibility index (Phi) is 5.95. The van der Waals surface area contributed by atoms with Gasteiger partial charge in [-0.1, -0.05) is 35.9 Å². The average molecular weight is 415 g/mol. The van der Waals surface area contributed by atoms with E-state index in [0.29, 0.717) is 24.0 Å². The fraction of sp³-hybridized carbons (Fsp3) is 0.364. The highest BCUT2D eigenvalue weighted by atomic mass is 35.5. The van der Waals surface area contributed by atoms with Crippen LogP contribution in [0.2, 0.25) is 5.02 Å². The van der Waals surface area contributed by atoms with Crippen molar-refractivity contribution < 1.29 is 9.69 Å². The Bertz CT molecular complexity index is 932. The number of nitrogens with zero attached hydrogens (tertiary/aromatic N) is 2. The van der Waals surface area contributed by atoms with Crippen LogP contribution in [0.1, 0.15) is 29.3 Å². The molecule has 1 N–H and O–H groups in total. The van der Waals surface area contributed by atoms with E-state index in [9.17, 15) is 4.79 Å². The lowest BCUT2D eigenvalue weighted by Crippen LogP contribution is -3.14. The first-order valence-electron chi connectivity index (χ1n) is 9.76. The number of carbonyl (C=O) groups is 1. The molecule has 2 heterocycles. The molecule has 0 unspecified atom stereocenters. The van der Waals surface area contributed by atoms with Crippen molar-refractivity contribution in [3.05, 3.63) is 64.1 Å². The zero-order valence-corrected chi connectivity index (χ0v) is 17.6. The van der Waals surface area contributed by atoms with E-state index in [1.54, 1.807) is 4.90 Å². The molecule has 0 atom stereocenters. The van der Waals surface area contributed by atoms with Gasteiger partial charge in [0.1, 0.15) is 0 Å². The minimum absolute atomic E-state index is 0.188. The molecule has 1 aliphatic rings. The third-order valence-electron chi connectivity index (χ3n) is 5.49. The smallest absolute Gasteiger partial charge is 0.277 e. The number of likely N-dealkylation sites (N-methyl/N-ethyl adjacent to an activating group) is 1. The van der Waals surface area contributed by atoms with Crippen LogP contribution in [-0.2, 0) is 11.3 Å². The molecule has 28 heavy (non-hydrogen) atoms. The highest BCUT2D eigenvalue weighted by Gasteiger charge is 2.27. The van der Waals surface area contributed by atoms with Gasteiger partial charge in [0.05, 0.1) is 28.3 Å². The zero-order valence-electron chi connectivity index (χ0n) is 16.0. The standard InChI is InChI=1S/C22H24ClN3OS/c1-25(14-16-5-4-6-18(23)13-16)21(27)15-26-11-9-17(10-12-26)22-24-19-7-2-3-8-20(19)28-22/h2-8,13,17H,9-12,14-15H2,1H3/p+1. The van der Waals surface area contributed by atoms with Crippen molar-refractivity contribution in [2.45, 2.75) is 25.3 Å². The van der Waals surface area contributed by atoms with E-state index in [1.807, 2.05) is 48.7 Å². The summed E-state index contributed by atoms with van der Waals surface area (Å²) in [6.45, 7) is 3.21. The Morgan fingerprint density at radius 2 is 2.00 bits per heavy atom. The molecule has 6 heteroatoms. The maximum atomic E-state index is 12.6. The van der Waals surface area contributed by atoms with Crippen LogP contribution >= 0.6 is 22.9 Å². The van der Waals surface area contributed by atoms with E-state index >= 15 is 0 Å². The summed E-state index contributed by atoms with van der Waals surface area (Å²) in [7, 11) is 1.87. The van der Waals surface area contributed by atoms with Gasteiger partial charge in [0.2, 0.25) is 0 Å². The Morgan fingerprint density at radius 1 is 1.21 bits per heavy atom. The van der Waals surface area contributed by atoms with Crippen LogP contribution in [0.25, 0.3) is 10.2 Å². The van der Waals surface area contributed by atoms with Crippen LogP contribution in [0.5, 0.6) is 0 Å². The van der Waals surface area contributed by atoms with Gasteiger partial charge in [-0.3, -0.25) is 4.79 Å². The Labute approximate surface area is 174 Å². The predicted molar refractivity (Wildman–Crippen MR) is 115 cm³/mol. The molecular weight excluding hydrogens is 390 g/mol. The molecule has 1 saturated heterocycles. The number of hydrogen-bond acceptors (Lipinski definition) is 3. The van der Waals surface area contributed by atoms with Gasteiger partial charge >= 0.3 is 0 Å². The van der Waals surface area contributed by atoms with E-state index in [-0.39, 0.29) is 5.91 Å². The van der Waals surface area contributed by atoms with Crippen molar-refractivity contribution in [1.29, 1.82) is 0 Å². The number of rotatable bonds is 5. The van der Waals surface area contributed by atoms with Crippen molar-refractivity contribution >= 4 is 39.1 Å². The number of fused-ring (bicyclic) bond motifs is 1. The molecule has 1 aliphatic heterocycles. The Morgan fingerprint density at radius 3 is 2.75 bits per heavy atom. The molecule has 2 aromatic carbocycles.